The number of hydrogen-bond donors (Lipinski definition) is 1. The van der Waals surface area contributed by atoms with Gasteiger partial charge in [0.1, 0.15) is 6.26 Å². The summed E-state index contributed by atoms with van der Waals surface area (Å²) >= 11 is 0. The van der Waals surface area contributed by atoms with E-state index in [0.717, 1.165) is 11.3 Å². The van der Waals surface area contributed by atoms with E-state index >= 15 is 0 Å². The van der Waals surface area contributed by atoms with E-state index in [-0.39, 0.29) is 6.42 Å². The highest BCUT2D eigenvalue weighted by Gasteiger charge is 2.24. The van der Waals surface area contributed by atoms with Crippen LogP contribution in [0.15, 0.2) is 10.8 Å². The standard InChI is InChI=1S/C10H13NO3/c12-10(13)5-4-9-8(6-14-11-9)7-2-1-3-7/h6-7H,1-5H2,(H,12,13). The van der Waals surface area contributed by atoms with Gasteiger partial charge in [0, 0.05) is 12.0 Å². The second-order valence-corrected chi connectivity index (χ2v) is 3.74. The Balaban J connectivity index is 2.01. The molecule has 1 saturated carbocycles. The molecule has 0 spiro atoms. The van der Waals surface area contributed by atoms with E-state index in [9.17, 15) is 4.79 Å². The van der Waals surface area contributed by atoms with Crippen LogP contribution in [0.4, 0.5) is 0 Å². The third-order valence-electron chi connectivity index (χ3n) is 2.80. The molecule has 76 valence electrons. The van der Waals surface area contributed by atoms with Crippen molar-refractivity contribution in [1.29, 1.82) is 0 Å². The van der Waals surface area contributed by atoms with Gasteiger partial charge in [0.2, 0.25) is 0 Å². The Bertz CT molecular complexity index is 328. The van der Waals surface area contributed by atoms with Gasteiger partial charge in [0.25, 0.3) is 0 Å². The summed E-state index contributed by atoms with van der Waals surface area (Å²) in [4.78, 5) is 10.4. The van der Waals surface area contributed by atoms with Gasteiger partial charge in [-0.1, -0.05) is 11.6 Å². The quantitative estimate of drug-likeness (QED) is 0.797. The second-order valence-electron chi connectivity index (χ2n) is 3.74. The predicted octanol–water partition coefficient (Wildman–Crippen LogP) is 1.96. The molecule has 2 rings (SSSR count). The van der Waals surface area contributed by atoms with Crippen LogP contribution in [0.1, 0.15) is 42.9 Å². The Hall–Kier alpha value is -1.32. The van der Waals surface area contributed by atoms with Gasteiger partial charge < -0.3 is 9.63 Å². The molecule has 0 aromatic carbocycles. The maximum absolute atomic E-state index is 10.4. The van der Waals surface area contributed by atoms with Crippen LogP contribution >= 0.6 is 0 Å². The molecule has 0 radical (unpaired) electrons. The zero-order chi connectivity index (χ0) is 9.97. The Morgan fingerprint density at radius 1 is 1.64 bits per heavy atom. The maximum atomic E-state index is 10.4. The van der Waals surface area contributed by atoms with Crippen LogP contribution in [0.5, 0.6) is 0 Å². The van der Waals surface area contributed by atoms with Crippen molar-refractivity contribution in [2.24, 2.45) is 0 Å². The van der Waals surface area contributed by atoms with Crippen LogP contribution in [0.3, 0.4) is 0 Å². The average molecular weight is 195 g/mol. The van der Waals surface area contributed by atoms with Gasteiger partial charge >= 0.3 is 5.97 Å². The number of aliphatic carboxylic acids is 1. The summed E-state index contributed by atoms with van der Waals surface area (Å²) in [7, 11) is 0. The average Bonchev–Trinajstić information content (AvgIpc) is 2.46. The summed E-state index contributed by atoms with van der Waals surface area (Å²) in [5, 5.41) is 12.4. The van der Waals surface area contributed by atoms with E-state index in [4.69, 9.17) is 9.63 Å². The lowest BCUT2D eigenvalue weighted by molar-refractivity contribution is -0.136. The fourth-order valence-electron chi connectivity index (χ4n) is 1.73. The number of rotatable bonds is 4. The molecule has 0 unspecified atom stereocenters. The Morgan fingerprint density at radius 3 is 3.00 bits per heavy atom. The van der Waals surface area contributed by atoms with Gasteiger partial charge in [-0.3, -0.25) is 4.79 Å². The lowest BCUT2D eigenvalue weighted by Crippen LogP contribution is -2.10. The predicted molar refractivity (Wildman–Crippen MR) is 49.1 cm³/mol. The molecule has 0 amide bonds. The molecule has 1 aliphatic carbocycles. The molecular formula is C10H13NO3. The van der Waals surface area contributed by atoms with Gasteiger partial charge in [0.05, 0.1) is 12.1 Å². The van der Waals surface area contributed by atoms with Crippen LogP contribution in [0, 0.1) is 0 Å². The van der Waals surface area contributed by atoms with E-state index in [0.29, 0.717) is 12.3 Å². The molecule has 0 saturated heterocycles. The third-order valence-corrected chi connectivity index (χ3v) is 2.80. The van der Waals surface area contributed by atoms with E-state index in [1.807, 2.05) is 0 Å². The van der Waals surface area contributed by atoms with Crippen molar-refractivity contribution in [3.63, 3.8) is 0 Å². The summed E-state index contributed by atoms with van der Waals surface area (Å²) in [6, 6.07) is 0. The molecule has 1 heterocycles. The van der Waals surface area contributed by atoms with Crippen LogP contribution in [-0.2, 0) is 11.2 Å². The molecule has 14 heavy (non-hydrogen) atoms. The van der Waals surface area contributed by atoms with Crippen molar-refractivity contribution in [1.82, 2.24) is 5.16 Å². The highest BCUT2D eigenvalue weighted by molar-refractivity contribution is 5.67. The topological polar surface area (TPSA) is 63.3 Å². The lowest BCUT2D eigenvalue weighted by Gasteiger charge is -2.24. The van der Waals surface area contributed by atoms with E-state index in [1.165, 1.54) is 19.3 Å². The Morgan fingerprint density at radius 2 is 2.43 bits per heavy atom. The summed E-state index contributed by atoms with van der Waals surface area (Å²) < 4.78 is 4.89. The first-order chi connectivity index (χ1) is 6.77. The van der Waals surface area contributed by atoms with Crippen LogP contribution in [0.2, 0.25) is 0 Å². The number of carboxylic acid groups (broad SMARTS) is 1. The normalized spacial score (nSPS) is 16.6. The first kappa shape index (κ1) is 9.24. The minimum Gasteiger partial charge on any atom is -0.481 e. The molecule has 1 N–H and O–H groups in total. The highest BCUT2D eigenvalue weighted by Crippen LogP contribution is 2.37. The third kappa shape index (κ3) is 1.78. The fourth-order valence-corrected chi connectivity index (χ4v) is 1.73. The molecule has 1 aromatic rings. The van der Waals surface area contributed by atoms with Gasteiger partial charge in [0.15, 0.2) is 0 Å². The number of carbonyl (C=O) groups is 1. The van der Waals surface area contributed by atoms with Crippen LogP contribution < -0.4 is 0 Å². The Labute approximate surface area is 81.9 Å². The highest BCUT2D eigenvalue weighted by atomic mass is 16.5. The van der Waals surface area contributed by atoms with Gasteiger partial charge in [-0.25, -0.2) is 0 Å². The van der Waals surface area contributed by atoms with Crippen molar-refractivity contribution in [2.75, 3.05) is 0 Å². The van der Waals surface area contributed by atoms with Gasteiger partial charge in [-0.15, -0.1) is 0 Å². The summed E-state index contributed by atoms with van der Waals surface area (Å²) in [5.74, 6) is -0.224. The van der Waals surface area contributed by atoms with E-state index in [2.05, 4.69) is 5.16 Å². The van der Waals surface area contributed by atoms with E-state index in [1.54, 1.807) is 6.26 Å². The monoisotopic (exact) mass is 195 g/mol. The van der Waals surface area contributed by atoms with Crippen molar-refractivity contribution in [2.45, 2.75) is 38.0 Å². The van der Waals surface area contributed by atoms with Crippen molar-refractivity contribution in [3.8, 4) is 0 Å². The summed E-state index contributed by atoms with van der Waals surface area (Å²) in [6.07, 6.45) is 5.90. The summed E-state index contributed by atoms with van der Waals surface area (Å²) in [5.41, 5.74) is 1.95. The largest absolute Gasteiger partial charge is 0.481 e. The van der Waals surface area contributed by atoms with Crippen LogP contribution in [0.25, 0.3) is 0 Å². The SMILES string of the molecule is O=C(O)CCc1nocc1C1CCC1. The Kier molecular flexibility index (Phi) is 2.52. The molecule has 1 aliphatic rings. The zero-order valence-electron chi connectivity index (χ0n) is 7.90. The fraction of sp³-hybridized carbons (Fsp3) is 0.600. The molecule has 1 fully saturated rings. The molecule has 0 atom stereocenters. The molecule has 1 aromatic heterocycles. The summed E-state index contributed by atoms with van der Waals surface area (Å²) in [6.45, 7) is 0. The smallest absolute Gasteiger partial charge is 0.303 e. The van der Waals surface area contributed by atoms with E-state index < -0.39 is 5.97 Å². The minimum atomic E-state index is -0.785. The molecular weight excluding hydrogens is 182 g/mol. The number of carboxylic acids is 1. The molecule has 0 bridgehead atoms. The number of aryl methyl sites for hydroxylation is 1. The number of hydrogen-bond acceptors (Lipinski definition) is 3. The molecule has 0 aliphatic heterocycles. The lowest BCUT2D eigenvalue weighted by atomic mass is 9.80. The first-order valence-corrected chi connectivity index (χ1v) is 4.92. The minimum absolute atomic E-state index is 0.131. The molecule has 4 nitrogen and oxygen atoms in total. The first-order valence-electron chi connectivity index (χ1n) is 4.92. The number of nitrogens with zero attached hydrogens (tertiary/aromatic N) is 1. The van der Waals surface area contributed by atoms with Crippen molar-refractivity contribution < 1.29 is 14.4 Å². The second kappa shape index (κ2) is 3.82. The molecule has 4 heteroatoms. The van der Waals surface area contributed by atoms with Crippen molar-refractivity contribution >= 4 is 5.97 Å². The number of aromatic nitrogens is 1. The zero-order valence-corrected chi connectivity index (χ0v) is 7.90. The van der Waals surface area contributed by atoms with Gasteiger partial charge in [-0.2, -0.15) is 0 Å². The van der Waals surface area contributed by atoms with Gasteiger partial charge in [-0.05, 0) is 18.8 Å². The van der Waals surface area contributed by atoms with Crippen LogP contribution in [-0.4, -0.2) is 16.2 Å². The maximum Gasteiger partial charge on any atom is 0.303 e. The van der Waals surface area contributed by atoms with Crippen molar-refractivity contribution in [3.05, 3.63) is 17.5 Å².